The number of aliphatic hydroxyl groups excluding tert-OH is 1. The zero-order valence-electron chi connectivity index (χ0n) is 22.3. The van der Waals surface area contributed by atoms with Crippen molar-refractivity contribution in [3.05, 3.63) is 42.0 Å². The molecule has 0 amide bonds. The van der Waals surface area contributed by atoms with E-state index in [-0.39, 0.29) is 6.29 Å². The number of aliphatic hydroxyl groups is 1. The van der Waals surface area contributed by atoms with Crippen LogP contribution < -0.4 is 4.74 Å². The number of benzene rings is 1. The number of ether oxygens (including phenoxy) is 3. The molecule has 1 saturated heterocycles. The molecule has 0 aliphatic carbocycles. The Labute approximate surface area is 210 Å². The fourth-order valence-corrected chi connectivity index (χ4v) is 3.35. The van der Waals surface area contributed by atoms with Gasteiger partial charge in [0.25, 0.3) is 0 Å². The molecule has 192 valence electrons. The highest BCUT2D eigenvalue weighted by molar-refractivity contribution is 5.44. The number of hydrogen-bond acceptors (Lipinski definition) is 4. The van der Waals surface area contributed by atoms with Gasteiger partial charge in [-0.05, 0) is 43.7 Å². The highest BCUT2D eigenvalue weighted by Gasteiger charge is 2.13. The Morgan fingerprint density at radius 3 is 2.41 bits per heavy atom. The number of terminal acetylenes is 1. The zero-order chi connectivity index (χ0) is 26.0. The van der Waals surface area contributed by atoms with Gasteiger partial charge in [-0.2, -0.15) is 0 Å². The summed E-state index contributed by atoms with van der Waals surface area (Å²) in [5.74, 6) is 6.83. The molecule has 1 N–H and O–H groups in total. The van der Waals surface area contributed by atoms with Crippen molar-refractivity contribution in [2.24, 2.45) is 0 Å². The van der Waals surface area contributed by atoms with Crippen molar-refractivity contribution in [3.8, 4) is 30.4 Å². The molecule has 1 aliphatic rings. The predicted octanol–water partition coefficient (Wildman–Crippen LogP) is 7.26. The minimum Gasteiger partial charge on any atom is -0.496 e. The molecule has 1 heterocycles. The number of unbranched alkanes of at least 4 members (excludes halogenated alkanes) is 5. The van der Waals surface area contributed by atoms with Gasteiger partial charge in [0.15, 0.2) is 6.29 Å². The lowest BCUT2D eigenvalue weighted by atomic mass is 9.98. The van der Waals surface area contributed by atoms with Crippen molar-refractivity contribution < 1.29 is 19.3 Å². The molecule has 2 unspecified atom stereocenters. The molecular weight excluding hydrogens is 424 g/mol. The Balaban J connectivity index is 0. The van der Waals surface area contributed by atoms with Crippen molar-refractivity contribution in [1.29, 1.82) is 0 Å². The first-order valence-corrected chi connectivity index (χ1v) is 12.6. The quantitative estimate of drug-likeness (QED) is 0.221. The second-order valence-corrected chi connectivity index (χ2v) is 7.44. The van der Waals surface area contributed by atoms with Crippen LogP contribution in [0, 0.1) is 24.7 Å². The molecule has 0 saturated carbocycles. The normalized spacial score (nSPS) is 14.8. The molecule has 1 aliphatic heterocycles. The van der Waals surface area contributed by atoms with Crippen molar-refractivity contribution >= 4 is 0 Å². The van der Waals surface area contributed by atoms with Gasteiger partial charge in [0.2, 0.25) is 0 Å². The summed E-state index contributed by atoms with van der Waals surface area (Å²) < 4.78 is 15.5. The molecule has 34 heavy (non-hydrogen) atoms. The fourth-order valence-electron chi connectivity index (χ4n) is 3.35. The van der Waals surface area contributed by atoms with Gasteiger partial charge in [-0.25, -0.2) is 0 Å². The molecule has 0 aromatic heterocycles. The van der Waals surface area contributed by atoms with Crippen LogP contribution in [0.5, 0.6) is 5.75 Å². The smallest absolute Gasteiger partial charge is 0.157 e. The Morgan fingerprint density at radius 1 is 1.18 bits per heavy atom. The third-order valence-corrected chi connectivity index (χ3v) is 5.08. The van der Waals surface area contributed by atoms with E-state index in [0.717, 1.165) is 42.7 Å². The average molecular weight is 473 g/mol. The van der Waals surface area contributed by atoms with E-state index in [1.54, 1.807) is 14.2 Å². The van der Waals surface area contributed by atoms with Gasteiger partial charge in [0.05, 0.1) is 7.11 Å². The number of hydrogen-bond donors (Lipinski definition) is 1. The molecule has 1 fully saturated rings. The van der Waals surface area contributed by atoms with Crippen molar-refractivity contribution in [3.63, 3.8) is 0 Å². The Hall–Kier alpha value is -2.24. The van der Waals surface area contributed by atoms with Crippen LogP contribution in [0.3, 0.4) is 0 Å². The number of rotatable bonds is 10. The van der Waals surface area contributed by atoms with Crippen LogP contribution in [0.2, 0.25) is 0 Å². The summed E-state index contributed by atoms with van der Waals surface area (Å²) >= 11 is 0. The first-order valence-electron chi connectivity index (χ1n) is 12.6. The van der Waals surface area contributed by atoms with E-state index < -0.39 is 6.10 Å². The topological polar surface area (TPSA) is 47.9 Å². The summed E-state index contributed by atoms with van der Waals surface area (Å²) in [6.45, 7) is 10.9. The first-order chi connectivity index (χ1) is 16.7. The van der Waals surface area contributed by atoms with Crippen LogP contribution in [0.25, 0.3) is 0 Å². The zero-order valence-corrected chi connectivity index (χ0v) is 22.3. The highest BCUT2D eigenvalue weighted by atomic mass is 16.7. The fraction of sp³-hybridized carbons (Fsp3) is 0.600. The summed E-state index contributed by atoms with van der Waals surface area (Å²) in [6.07, 6.45) is 20.3. The van der Waals surface area contributed by atoms with Gasteiger partial charge in [-0.1, -0.05) is 70.6 Å². The highest BCUT2D eigenvalue weighted by Crippen LogP contribution is 2.27. The van der Waals surface area contributed by atoms with E-state index in [0.29, 0.717) is 6.42 Å². The third kappa shape index (κ3) is 15.6. The summed E-state index contributed by atoms with van der Waals surface area (Å²) in [7, 11) is 3.33. The van der Waals surface area contributed by atoms with Gasteiger partial charge >= 0.3 is 0 Å². The van der Waals surface area contributed by atoms with Crippen LogP contribution in [0.15, 0.2) is 30.9 Å². The molecule has 2 rings (SSSR count). The molecule has 0 spiro atoms. The first kappa shape index (κ1) is 33.9. The monoisotopic (exact) mass is 472 g/mol. The van der Waals surface area contributed by atoms with Crippen LogP contribution in [-0.4, -0.2) is 32.2 Å². The van der Waals surface area contributed by atoms with Crippen LogP contribution in [0.4, 0.5) is 0 Å². The minimum absolute atomic E-state index is 0.0868. The van der Waals surface area contributed by atoms with Crippen molar-refractivity contribution in [2.45, 2.75) is 97.4 Å². The van der Waals surface area contributed by atoms with E-state index in [4.69, 9.17) is 14.2 Å². The second kappa shape index (κ2) is 25.4. The number of allylic oxidation sites excluding steroid dienone is 1. The summed E-state index contributed by atoms with van der Waals surface area (Å²) in [6, 6.07) is 5.69. The van der Waals surface area contributed by atoms with Gasteiger partial charge in [-0.15, -0.1) is 25.3 Å². The van der Waals surface area contributed by atoms with E-state index >= 15 is 0 Å². The molecule has 4 nitrogen and oxygen atoms in total. The SMILES string of the molecule is C#C.C=CCc1c(OC)cccc1C(O)C#CCCCCCCC.CC.COC1CCCCO1. The predicted molar refractivity (Wildman–Crippen MR) is 145 cm³/mol. The molecule has 2 atom stereocenters. The molecule has 0 radical (unpaired) electrons. The maximum atomic E-state index is 10.3. The Bertz CT molecular complexity index is 678. The van der Waals surface area contributed by atoms with E-state index in [1.807, 2.05) is 38.1 Å². The van der Waals surface area contributed by atoms with Gasteiger partial charge in [0.1, 0.15) is 11.9 Å². The maximum absolute atomic E-state index is 10.3. The number of methoxy groups -OCH3 is 2. The van der Waals surface area contributed by atoms with E-state index in [1.165, 1.54) is 38.5 Å². The Kier molecular flexibility index (Phi) is 25.3. The van der Waals surface area contributed by atoms with Gasteiger partial charge in [-0.3, -0.25) is 0 Å². The van der Waals surface area contributed by atoms with Crippen LogP contribution in [0.1, 0.15) is 95.8 Å². The molecular formula is C30H48O4. The lowest BCUT2D eigenvalue weighted by molar-refractivity contribution is -0.145. The van der Waals surface area contributed by atoms with Crippen molar-refractivity contribution in [1.82, 2.24) is 0 Å². The molecule has 1 aromatic carbocycles. The lowest BCUT2D eigenvalue weighted by Gasteiger charge is -2.20. The third-order valence-electron chi connectivity index (χ3n) is 5.08. The van der Waals surface area contributed by atoms with Crippen LogP contribution >= 0.6 is 0 Å². The van der Waals surface area contributed by atoms with E-state index in [9.17, 15) is 5.11 Å². The van der Waals surface area contributed by atoms with Gasteiger partial charge in [0, 0.05) is 25.7 Å². The molecule has 4 heteroatoms. The summed E-state index contributed by atoms with van der Waals surface area (Å²) in [5, 5.41) is 10.3. The lowest BCUT2D eigenvalue weighted by Crippen LogP contribution is -2.20. The summed E-state index contributed by atoms with van der Waals surface area (Å²) in [5.41, 5.74) is 1.78. The average Bonchev–Trinajstić information content (AvgIpc) is 2.91. The minimum atomic E-state index is -0.763. The summed E-state index contributed by atoms with van der Waals surface area (Å²) in [4.78, 5) is 0. The van der Waals surface area contributed by atoms with Gasteiger partial charge < -0.3 is 19.3 Å². The standard InChI is InChI=1S/C20H28O2.C6H12O2.C2H6.C2H2/c1-4-6-7-8-9-10-11-15-19(21)17-14-12-16-20(22-3)18(17)13-5-2;1-7-6-4-2-3-5-8-6;2*1-2/h5,12,14,16,19,21H,2,4,6-10,13H2,1,3H3;6H,2-5H2,1H3;1-2H3;1-2H. The molecule has 1 aromatic rings. The van der Waals surface area contributed by atoms with Crippen molar-refractivity contribution in [2.75, 3.05) is 20.8 Å². The van der Waals surface area contributed by atoms with Crippen LogP contribution in [-0.2, 0) is 15.9 Å². The largest absolute Gasteiger partial charge is 0.496 e. The molecule has 0 bridgehead atoms. The Morgan fingerprint density at radius 2 is 1.88 bits per heavy atom. The van der Waals surface area contributed by atoms with E-state index in [2.05, 4.69) is 38.2 Å². The second-order valence-electron chi connectivity index (χ2n) is 7.44. The maximum Gasteiger partial charge on any atom is 0.157 e.